The van der Waals surface area contributed by atoms with Crippen molar-refractivity contribution in [2.45, 2.75) is 77.6 Å². The van der Waals surface area contributed by atoms with Gasteiger partial charge in [-0.25, -0.2) is 9.97 Å². The van der Waals surface area contributed by atoms with Gasteiger partial charge < -0.3 is 9.80 Å². The van der Waals surface area contributed by atoms with Gasteiger partial charge in [-0.1, -0.05) is 26.7 Å². The number of anilines is 1. The smallest absolute Gasteiger partial charge is 0.225 e. The molecule has 5 rings (SSSR count). The van der Waals surface area contributed by atoms with Crippen molar-refractivity contribution < 1.29 is 4.79 Å². The summed E-state index contributed by atoms with van der Waals surface area (Å²) in [7, 11) is 0. The van der Waals surface area contributed by atoms with Crippen molar-refractivity contribution in [2.75, 3.05) is 31.1 Å². The first-order chi connectivity index (χ1) is 14.7. The molecule has 2 fully saturated rings. The minimum absolute atomic E-state index is 0.298. The molecule has 1 saturated heterocycles. The lowest BCUT2D eigenvalue weighted by Crippen LogP contribution is -2.51. The van der Waals surface area contributed by atoms with E-state index in [2.05, 4.69) is 23.6 Å². The molecule has 0 N–H and O–H groups in total. The monoisotopic (exact) mass is 426 g/mol. The van der Waals surface area contributed by atoms with Crippen molar-refractivity contribution in [2.24, 2.45) is 5.92 Å². The standard InChI is InChI=1S/C24H34N4OS/c1-3-16(2)21-25-22(20-18-10-5-4-6-11-19(18)30-23(20)26-21)27-12-14-28(15-13-27)24(29)17-8-7-9-17/h16-17H,3-15H2,1-2H3/t16-/m1/s1. The summed E-state index contributed by atoms with van der Waals surface area (Å²) >= 11 is 1.91. The molecule has 1 atom stereocenters. The van der Waals surface area contributed by atoms with E-state index in [9.17, 15) is 4.79 Å². The average Bonchev–Trinajstić information content (AvgIpc) is 2.92. The summed E-state index contributed by atoms with van der Waals surface area (Å²) in [5.74, 6) is 3.19. The Morgan fingerprint density at radius 2 is 1.83 bits per heavy atom. The largest absolute Gasteiger partial charge is 0.352 e. The van der Waals surface area contributed by atoms with Crippen molar-refractivity contribution in [3.05, 3.63) is 16.3 Å². The van der Waals surface area contributed by atoms with Gasteiger partial charge in [-0.2, -0.15) is 0 Å². The molecule has 2 aromatic heterocycles. The lowest BCUT2D eigenvalue weighted by Gasteiger charge is -2.39. The summed E-state index contributed by atoms with van der Waals surface area (Å²) in [6.45, 7) is 7.87. The number of carbonyl (C=O) groups is 1. The van der Waals surface area contributed by atoms with Crippen LogP contribution in [0, 0.1) is 5.92 Å². The second-order valence-corrected chi connectivity index (χ2v) is 10.5. The maximum Gasteiger partial charge on any atom is 0.225 e. The maximum absolute atomic E-state index is 12.7. The van der Waals surface area contributed by atoms with Crippen LogP contribution in [-0.4, -0.2) is 47.0 Å². The molecule has 1 saturated carbocycles. The zero-order chi connectivity index (χ0) is 20.7. The fourth-order valence-corrected chi connectivity index (χ4v) is 6.28. The fourth-order valence-electron chi connectivity index (χ4n) is 5.01. The van der Waals surface area contributed by atoms with E-state index < -0.39 is 0 Å². The lowest BCUT2D eigenvalue weighted by atomic mass is 9.84. The van der Waals surface area contributed by atoms with E-state index in [1.54, 1.807) is 0 Å². The molecule has 0 radical (unpaired) electrons. The molecule has 0 unspecified atom stereocenters. The molecule has 0 spiro atoms. The predicted molar refractivity (Wildman–Crippen MR) is 124 cm³/mol. The number of piperazine rings is 1. The first-order valence-corrected chi connectivity index (χ1v) is 12.8. The van der Waals surface area contributed by atoms with E-state index in [0.717, 1.165) is 63.5 Å². The second-order valence-electron chi connectivity index (χ2n) is 9.40. The van der Waals surface area contributed by atoms with E-state index in [4.69, 9.17) is 9.97 Å². The van der Waals surface area contributed by atoms with Crippen LogP contribution in [0.5, 0.6) is 0 Å². The lowest BCUT2D eigenvalue weighted by molar-refractivity contribution is -0.138. The van der Waals surface area contributed by atoms with Crippen LogP contribution in [0.2, 0.25) is 0 Å². The summed E-state index contributed by atoms with van der Waals surface area (Å²) in [5.41, 5.74) is 1.52. The minimum atomic E-state index is 0.298. The molecule has 162 valence electrons. The van der Waals surface area contributed by atoms with Gasteiger partial charge >= 0.3 is 0 Å². The molecular weight excluding hydrogens is 392 g/mol. The number of amides is 1. The van der Waals surface area contributed by atoms with E-state index in [-0.39, 0.29) is 0 Å². The summed E-state index contributed by atoms with van der Waals surface area (Å²) in [6, 6.07) is 0. The number of aromatic nitrogens is 2. The summed E-state index contributed by atoms with van der Waals surface area (Å²) in [6.07, 6.45) is 10.7. The van der Waals surface area contributed by atoms with Gasteiger partial charge in [0.1, 0.15) is 16.5 Å². The average molecular weight is 427 g/mol. The van der Waals surface area contributed by atoms with Crippen molar-refractivity contribution in [3.63, 3.8) is 0 Å². The summed E-state index contributed by atoms with van der Waals surface area (Å²) < 4.78 is 0. The quantitative estimate of drug-likeness (QED) is 0.651. The number of hydrogen-bond acceptors (Lipinski definition) is 5. The molecule has 0 bridgehead atoms. The Kier molecular flexibility index (Phi) is 5.69. The van der Waals surface area contributed by atoms with Gasteiger partial charge in [0, 0.05) is 42.9 Å². The second kappa shape index (κ2) is 8.45. The van der Waals surface area contributed by atoms with Gasteiger partial charge in [0.05, 0.1) is 5.39 Å². The number of rotatable bonds is 4. The van der Waals surface area contributed by atoms with Crippen molar-refractivity contribution in [3.8, 4) is 0 Å². The minimum Gasteiger partial charge on any atom is -0.352 e. The highest BCUT2D eigenvalue weighted by atomic mass is 32.1. The zero-order valence-electron chi connectivity index (χ0n) is 18.5. The molecule has 30 heavy (non-hydrogen) atoms. The molecule has 1 amide bonds. The Morgan fingerprint density at radius 1 is 1.07 bits per heavy atom. The Balaban J connectivity index is 1.47. The van der Waals surface area contributed by atoms with Gasteiger partial charge in [-0.15, -0.1) is 11.3 Å². The van der Waals surface area contributed by atoms with E-state index in [1.807, 2.05) is 11.3 Å². The van der Waals surface area contributed by atoms with E-state index in [1.165, 1.54) is 52.8 Å². The van der Waals surface area contributed by atoms with Crippen LogP contribution >= 0.6 is 11.3 Å². The highest BCUT2D eigenvalue weighted by molar-refractivity contribution is 7.19. The third kappa shape index (κ3) is 3.61. The molecule has 3 aliphatic rings. The van der Waals surface area contributed by atoms with E-state index >= 15 is 0 Å². The molecule has 6 heteroatoms. The van der Waals surface area contributed by atoms with Crippen LogP contribution in [0.1, 0.15) is 81.0 Å². The molecule has 2 aromatic rings. The number of carbonyl (C=O) groups excluding carboxylic acids is 1. The SMILES string of the molecule is CC[C@@H](C)c1nc(N2CCN(C(=O)C3CCC3)CC2)c2c3c(sc2n1)CCCCC3. The molecule has 1 aliphatic heterocycles. The van der Waals surface area contributed by atoms with Gasteiger partial charge in [-0.3, -0.25) is 4.79 Å². The highest BCUT2D eigenvalue weighted by Gasteiger charge is 2.32. The van der Waals surface area contributed by atoms with Gasteiger partial charge in [0.15, 0.2) is 0 Å². The first kappa shape index (κ1) is 20.2. The fraction of sp³-hybridized carbons (Fsp3) is 0.708. The van der Waals surface area contributed by atoms with Crippen molar-refractivity contribution in [1.82, 2.24) is 14.9 Å². The summed E-state index contributed by atoms with van der Waals surface area (Å²) in [4.78, 5) is 30.2. The number of fused-ring (bicyclic) bond motifs is 3. The van der Waals surface area contributed by atoms with Gasteiger partial charge in [-0.05, 0) is 50.5 Å². The van der Waals surface area contributed by atoms with Crippen LogP contribution in [0.15, 0.2) is 0 Å². The Hall–Kier alpha value is -1.69. The normalized spacial score (nSPS) is 21.3. The number of hydrogen-bond donors (Lipinski definition) is 0. The molecule has 5 nitrogen and oxygen atoms in total. The van der Waals surface area contributed by atoms with Crippen LogP contribution in [0.3, 0.4) is 0 Å². The Labute approximate surface area is 183 Å². The maximum atomic E-state index is 12.7. The van der Waals surface area contributed by atoms with E-state index in [0.29, 0.717) is 17.7 Å². The topological polar surface area (TPSA) is 49.3 Å². The van der Waals surface area contributed by atoms with Gasteiger partial charge in [0.25, 0.3) is 0 Å². The number of thiophene rings is 1. The van der Waals surface area contributed by atoms with Crippen LogP contribution in [0.25, 0.3) is 10.2 Å². The van der Waals surface area contributed by atoms with Crippen LogP contribution < -0.4 is 4.90 Å². The number of aryl methyl sites for hydroxylation is 2. The molecule has 2 aliphatic carbocycles. The Bertz CT molecular complexity index is 927. The molecule has 3 heterocycles. The molecular formula is C24H34N4OS. The Morgan fingerprint density at radius 3 is 2.53 bits per heavy atom. The molecule has 0 aromatic carbocycles. The van der Waals surface area contributed by atoms with Crippen molar-refractivity contribution >= 4 is 33.3 Å². The van der Waals surface area contributed by atoms with Crippen LogP contribution in [-0.2, 0) is 17.6 Å². The predicted octanol–water partition coefficient (Wildman–Crippen LogP) is 4.92. The zero-order valence-corrected chi connectivity index (χ0v) is 19.3. The third-order valence-corrected chi connectivity index (χ3v) is 8.65. The number of nitrogens with zero attached hydrogens (tertiary/aromatic N) is 4. The van der Waals surface area contributed by atoms with Gasteiger partial charge in [0.2, 0.25) is 5.91 Å². The first-order valence-electron chi connectivity index (χ1n) is 12.0. The highest BCUT2D eigenvalue weighted by Crippen LogP contribution is 2.40. The summed E-state index contributed by atoms with van der Waals surface area (Å²) in [5, 5.41) is 1.32. The van der Waals surface area contributed by atoms with Crippen molar-refractivity contribution in [1.29, 1.82) is 0 Å². The third-order valence-electron chi connectivity index (χ3n) is 7.46. The van der Waals surface area contributed by atoms with Crippen LogP contribution in [0.4, 0.5) is 5.82 Å².